The van der Waals surface area contributed by atoms with Gasteiger partial charge in [0.05, 0.1) is 30.0 Å². The molecule has 0 spiro atoms. The fraction of sp³-hybridized carbons (Fsp3) is 0.412. The zero-order valence-electron chi connectivity index (χ0n) is 15.0. The quantitative estimate of drug-likeness (QED) is 0.660. The van der Waals surface area contributed by atoms with E-state index in [9.17, 15) is 13.6 Å². The van der Waals surface area contributed by atoms with Crippen molar-refractivity contribution in [3.05, 3.63) is 41.8 Å². The van der Waals surface area contributed by atoms with Crippen LogP contribution in [0.2, 0.25) is 0 Å². The maximum absolute atomic E-state index is 12.5. The van der Waals surface area contributed by atoms with E-state index in [0.29, 0.717) is 17.8 Å². The van der Waals surface area contributed by atoms with Crippen LogP contribution in [0.4, 0.5) is 8.78 Å². The predicted octanol–water partition coefficient (Wildman–Crippen LogP) is 2.39. The second-order valence-electron chi connectivity index (χ2n) is 6.50. The highest BCUT2D eigenvalue weighted by molar-refractivity contribution is 5.74. The molecular formula is C17H17F2N7O2. The number of carbonyl (C=O) groups excluding carboxylic acids is 1. The number of hydrogen-bond donors (Lipinski definition) is 0. The molecule has 1 amide bonds. The molecule has 11 heteroatoms. The third-order valence-electron chi connectivity index (χ3n) is 4.58. The highest BCUT2D eigenvalue weighted by atomic mass is 19.3. The summed E-state index contributed by atoms with van der Waals surface area (Å²) in [6.07, 6.45) is 2.30. The number of aromatic nitrogens is 6. The highest BCUT2D eigenvalue weighted by Crippen LogP contribution is 2.30. The van der Waals surface area contributed by atoms with E-state index in [2.05, 4.69) is 25.5 Å². The largest absolute Gasteiger partial charge is 0.415 e. The number of alkyl halides is 2. The van der Waals surface area contributed by atoms with Gasteiger partial charge in [-0.15, -0.1) is 15.3 Å². The second-order valence-corrected chi connectivity index (χ2v) is 6.50. The van der Waals surface area contributed by atoms with Crippen LogP contribution < -0.4 is 0 Å². The lowest BCUT2D eigenvalue weighted by Crippen LogP contribution is -2.28. The van der Waals surface area contributed by atoms with E-state index in [4.69, 9.17) is 4.42 Å². The molecule has 4 rings (SSSR count). The summed E-state index contributed by atoms with van der Waals surface area (Å²) in [6.45, 7) is 2.67. The van der Waals surface area contributed by atoms with Crippen molar-refractivity contribution < 1.29 is 18.0 Å². The molecule has 9 nitrogen and oxygen atoms in total. The standard InChI is InChI=1S/C17H17F2N7O2/c1-10(27)26-6-2-3-14(26)13-9-25(24-21-13)8-12-5-4-11(7-20-12)16-22-23-17(28-16)15(18)19/h4-5,7,9,14-15H,2-3,6,8H2,1H3/t14-/m0/s1. The van der Waals surface area contributed by atoms with Gasteiger partial charge in [-0.3, -0.25) is 9.78 Å². The number of halogens is 2. The Morgan fingerprint density at radius 2 is 2.18 bits per heavy atom. The van der Waals surface area contributed by atoms with Gasteiger partial charge in [0.2, 0.25) is 11.8 Å². The topological polar surface area (TPSA) is 103 Å². The van der Waals surface area contributed by atoms with Crippen LogP contribution in [0.1, 0.15) is 49.5 Å². The van der Waals surface area contributed by atoms with Crippen LogP contribution in [0.15, 0.2) is 28.9 Å². The molecule has 1 saturated heterocycles. The van der Waals surface area contributed by atoms with Crippen molar-refractivity contribution >= 4 is 5.91 Å². The summed E-state index contributed by atoms with van der Waals surface area (Å²) in [5.41, 5.74) is 1.91. The van der Waals surface area contributed by atoms with Gasteiger partial charge in [-0.1, -0.05) is 5.21 Å². The Morgan fingerprint density at radius 3 is 2.86 bits per heavy atom. The summed E-state index contributed by atoms with van der Waals surface area (Å²) in [6, 6.07) is 3.35. The lowest BCUT2D eigenvalue weighted by molar-refractivity contribution is -0.129. The molecule has 1 fully saturated rings. The molecule has 0 saturated carbocycles. The van der Waals surface area contributed by atoms with Gasteiger partial charge in [0.1, 0.15) is 5.69 Å². The first-order valence-corrected chi connectivity index (χ1v) is 8.75. The van der Waals surface area contributed by atoms with Crippen LogP contribution in [0.25, 0.3) is 11.5 Å². The van der Waals surface area contributed by atoms with Crippen molar-refractivity contribution in [2.45, 2.75) is 38.8 Å². The fourth-order valence-electron chi connectivity index (χ4n) is 3.24. The molecule has 1 aliphatic heterocycles. The minimum absolute atomic E-state index is 0.0112. The van der Waals surface area contributed by atoms with Crippen molar-refractivity contribution in [3.8, 4) is 11.5 Å². The smallest absolute Gasteiger partial charge is 0.314 e. The molecule has 0 radical (unpaired) electrons. The van der Waals surface area contributed by atoms with E-state index in [1.165, 1.54) is 6.20 Å². The van der Waals surface area contributed by atoms with Gasteiger partial charge in [0.25, 0.3) is 5.89 Å². The monoisotopic (exact) mass is 389 g/mol. The third kappa shape index (κ3) is 3.59. The molecule has 3 aromatic rings. The van der Waals surface area contributed by atoms with Crippen molar-refractivity contribution in [2.75, 3.05) is 6.54 Å². The summed E-state index contributed by atoms with van der Waals surface area (Å²) in [5, 5.41) is 15.2. The molecule has 146 valence electrons. The molecule has 1 aliphatic rings. The normalized spacial score (nSPS) is 16.9. The zero-order chi connectivity index (χ0) is 19.7. The molecule has 0 aromatic carbocycles. The molecule has 28 heavy (non-hydrogen) atoms. The first-order chi connectivity index (χ1) is 13.5. The van der Waals surface area contributed by atoms with Crippen LogP contribution in [0.5, 0.6) is 0 Å². The molecule has 3 aromatic heterocycles. The molecular weight excluding hydrogens is 372 g/mol. The first kappa shape index (κ1) is 18.1. The predicted molar refractivity (Wildman–Crippen MR) is 91.0 cm³/mol. The maximum atomic E-state index is 12.5. The molecule has 0 aliphatic carbocycles. The van der Waals surface area contributed by atoms with Crippen LogP contribution in [0, 0.1) is 0 Å². The van der Waals surface area contributed by atoms with E-state index in [1.54, 1.807) is 28.6 Å². The Labute approximate surface area is 158 Å². The average molecular weight is 389 g/mol. The van der Waals surface area contributed by atoms with Crippen molar-refractivity contribution in [2.24, 2.45) is 0 Å². The summed E-state index contributed by atoms with van der Waals surface area (Å²) in [4.78, 5) is 17.8. The number of rotatable bonds is 5. The van der Waals surface area contributed by atoms with E-state index in [0.717, 1.165) is 25.1 Å². The SMILES string of the molecule is CC(=O)N1CCC[C@H]1c1cn(Cc2ccc(-c3nnc(C(F)F)o3)cn2)nn1. The summed E-state index contributed by atoms with van der Waals surface area (Å²) >= 11 is 0. The van der Waals surface area contributed by atoms with E-state index in [1.807, 2.05) is 6.20 Å². The minimum atomic E-state index is -2.81. The van der Waals surface area contributed by atoms with E-state index in [-0.39, 0.29) is 17.8 Å². The first-order valence-electron chi connectivity index (χ1n) is 8.75. The maximum Gasteiger partial charge on any atom is 0.314 e. The number of hydrogen-bond acceptors (Lipinski definition) is 7. The van der Waals surface area contributed by atoms with Crippen LogP contribution in [0.3, 0.4) is 0 Å². The second kappa shape index (κ2) is 7.41. The lowest BCUT2D eigenvalue weighted by atomic mass is 10.1. The zero-order valence-corrected chi connectivity index (χ0v) is 15.0. The lowest BCUT2D eigenvalue weighted by Gasteiger charge is -2.20. The number of nitrogens with zero attached hydrogens (tertiary/aromatic N) is 7. The van der Waals surface area contributed by atoms with Gasteiger partial charge in [-0.25, -0.2) is 4.68 Å². The van der Waals surface area contributed by atoms with E-state index < -0.39 is 12.3 Å². The summed E-state index contributed by atoms with van der Waals surface area (Å²) in [5.74, 6) is -0.700. The van der Waals surface area contributed by atoms with Crippen molar-refractivity contribution in [1.29, 1.82) is 0 Å². The molecule has 1 atom stereocenters. The Hall–Kier alpha value is -3.24. The Balaban J connectivity index is 1.45. The molecule has 0 unspecified atom stereocenters. The summed E-state index contributed by atoms with van der Waals surface area (Å²) in [7, 11) is 0. The fourth-order valence-corrected chi connectivity index (χ4v) is 3.24. The number of likely N-dealkylation sites (tertiary alicyclic amines) is 1. The van der Waals surface area contributed by atoms with E-state index >= 15 is 0 Å². The Kier molecular flexibility index (Phi) is 4.80. The number of carbonyl (C=O) groups is 1. The Bertz CT molecular complexity index is 970. The van der Waals surface area contributed by atoms with Crippen molar-refractivity contribution in [1.82, 2.24) is 35.1 Å². The van der Waals surface area contributed by atoms with Crippen LogP contribution in [-0.4, -0.2) is 47.5 Å². The molecule has 0 bridgehead atoms. The van der Waals surface area contributed by atoms with Gasteiger partial charge in [0, 0.05) is 19.7 Å². The van der Waals surface area contributed by atoms with Crippen LogP contribution in [-0.2, 0) is 11.3 Å². The average Bonchev–Trinajstić information content (AvgIpc) is 3.42. The number of pyridine rings is 1. The van der Waals surface area contributed by atoms with Crippen molar-refractivity contribution in [3.63, 3.8) is 0 Å². The number of amides is 1. The van der Waals surface area contributed by atoms with Gasteiger partial charge in [-0.05, 0) is 25.0 Å². The third-order valence-corrected chi connectivity index (χ3v) is 4.58. The van der Waals surface area contributed by atoms with Gasteiger partial charge < -0.3 is 9.32 Å². The highest BCUT2D eigenvalue weighted by Gasteiger charge is 2.30. The van der Waals surface area contributed by atoms with Crippen LogP contribution >= 0.6 is 0 Å². The molecule has 0 N–H and O–H groups in total. The summed E-state index contributed by atoms with van der Waals surface area (Å²) < 4.78 is 31.6. The van der Waals surface area contributed by atoms with Gasteiger partial charge in [-0.2, -0.15) is 8.78 Å². The van der Waals surface area contributed by atoms with Gasteiger partial charge >= 0.3 is 6.43 Å². The molecule has 4 heterocycles. The minimum Gasteiger partial charge on any atom is -0.415 e. The van der Waals surface area contributed by atoms with Gasteiger partial charge in [0.15, 0.2) is 0 Å². The Morgan fingerprint density at radius 1 is 1.32 bits per heavy atom.